The normalized spacial score (nSPS) is 12.6. The third kappa shape index (κ3) is 7.20. The molecule has 5 heteroatoms. The van der Waals surface area contributed by atoms with Crippen LogP contribution < -0.4 is 15.4 Å². The van der Waals surface area contributed by atoms with Crippen molar-refractivity contribution in [3.8, 4) is 18.1 Å². The minimum absolute atomic E-state index is 0.197. The highest BCUT2D eigenvalue weighted by molar-refractivity contribution is 7.12. The maximum absolute atomic E-state index is 12.4. The van der Waals surface area contributed by atoms with E-state index in [0.29, 0.717) is 17.2 Å². The van der Waals surface area contributed by atoms with Crippen molar-refractivity contribution in [2.45, 2.75) is 45.2 Å². The van der Waals surface area contributed by atoms with Crippen molar-refractivity contribution in [2.24, 2.45) is 0 Å². The Labute approximate surface area is 161 Å². The molecule has 1 aromatic rings. The molecule has 0 saturated carbocycles. The first kappa shape index (κ1) is 21.6. The first-order valence-corrected chi connectivity index (χ1v) is 9.39. The Balaban J connectivity index is 2.66. The van der Waals surface area contributed by atoms with Gasteiger partial charge in [0, 0.05) is 12.5 Å². The monoisotopic (exact) mass is 372 g/mol. The van der Waals surface area contributed by atoms with Gasteiger partial charge in [0.15, 0.2) is 0 Å². The maximum atomic E-state index is 12.4. The van der Waals surface area contributed by atoms with Crippen molar-refractivity contribution in [2.75, 3.05) is 6.61 Å². The van der Waals surface area contributed by atoms with Crippen LogP contribution in [0.4, 0.5) is 0 Å². The fourth-order valence-electron chi connectivity index (χ4n) is 1.98. The lowest BCUT2D eigenvalue weighted by molar-refractivity contribution is 0.0930. The van der Waals surface area contributed by atoms with Crippen LogP contribution in [0.15, 0.2) is 48.5 Å². The number of terminal acetylenes is 1. The molecule has 0 radical (unpaired) electrons. The molecule has 0 fully saturated rings. The lowest BCUT2D eigenvalue weighted by atomic mass is 10.1. The highest BCUT2D eigenvalue weighted by Gasteiger charge is 2.21. The Bertz CT molecular complexity index is 695. The summed E-state index contributed by atoms with van der Waals surface area (Å²) >= 11 is 1.34. The summed E-state index contributed by atoms with van der Waals surface area (Å²) in [4.78, 5) is 12.9. The van der Waals surface area contributed by atoms with Crippen molar-refractivity contribution in [3.05, 3.63) is 53.4 Å². The zero-order valence-electron chi connectivity index (χ0n) is 15.8. The molecule has 1 aromatic heterocycles. The van der Waals surface area contributed by atoms with Crippen molar-refractivity contribution in [1.82, 2.24) is 10.6 Å². The molecule has 0 saturated heterocycles. The second-order valence-corrected chi connectivity index (χ2v) is 7.34. The largest absolute Gasteiger partial charge is 0.492 e. The molecule has 1 heterocycles. The van der Waals surface area contributed by atoms with E-state index in [4.69, 9.17) is 11.2 Å². The molecule has 0 aliphatic rings. The Morgan fingerprint density at radius 2 is 2.23 bits per heavy atom. The molecule has 0 bridgehead atoms. The molecule has 26 heavy (non-hydrogen) atoms. The van der Waals surface area contributed by atoms with Gasteiger partial charge in [-0.1, -0.05) is 18.1 Å². The van der Waals surface area contributed by atoms with Gasteiger partial charge in [-0.25, -0.2) is 0 Å². The number of rotatable bonds is 11. The Kier molecular flexibility index (Phi) is 8.74. The van der Waals surface area contributed by atoms with Gasteiger partial charge in [-0.15, -0.1) is 30.9 Å². The SMILES string of the molecule is C#CC(C)(C)NC(=O)c1sccc1OCC/C(=C/NC(C)C=C)CC=C. The molecule has 1 atom stereocenters. The van der Waals surface area contributed by atoms with Crippen LogP contribution in [0.1, 0.15) is 43.3 Å². The minimum atomic E-state index is -0.703. The smallest absolute Gasteiger partial charge is 0.266 e. The fraction of sp³-hybridized carbons (Fsp3) is 0.381. The van der Waals surface area contributed by atoms with E-state index in [1.807, 2.05) is 30.7 Å². The van der Waals surface area contributed by atoms with Gasteiger partial charge >= 0.3 is 0 Å². The van der Waals surface area contributed by atoms with Crippen molar-refractivity contribution in [3.63, 3.8) is 0 Å². The molecule has 0 spiro atoms. The zero-order valence-corrected chi connectivity index (χ0v) is 16.6. The third-order valence-electron chi connectivity index (χ3n) is 3.61. The maximum Gasteiger partial charge on any atom is 0.266 e. The molecule has 4 nitrogen and oxygen atoms in total. The number of allylic oxidation sites excluding steroid dienone is 1. The molecular weight excluding hydrogens is 344 g/mol. The molecule has 0 aliphatic heterocycles. The van der Waals surface area contributed by atoms with Crippen LogP contribution >= 0.6 is 11.3 Å². The Hall–Kier alpha value is -2.45. The number of thiophene rings is 1. The van der Waals surface area contributed by atoms with Gasteiger partial charge in [0.1, 0.15) is 10.6 Å². The third-order valence-corrected chi connectivity index (χ3v) is 4.51. The standard InChI is InChI=1S/C21H28N2O2S/c1-7-10-17(15-22-16(4)8-2)11-13-25-18-12-14-26-19(18)20(24)23-21(5,6)9-3/h3,7-8,12,14-16,22H,1-2,10-11,13H2,4-6H3,(H,23,24)/b17-15+. The summed E-state index contributed by atoms with van der Waals surface area (Å²) in [6.07, 6.45) is 12.6. The summed E-state index contributed by atoms with van der Waals surface area (Å²) < 4.78 is 5.83. The molecule has 0 aromatic carbocycles. The number of carbonyl (C=O) groups excluding carboxylic acids is 1. The van der Waals surface area contributed by atoms with E-state index in [1.165, 1.54) is 16.9 Å². The first-order chi connectivity index (χ1) is 12.3. The topological polar surface area (TPSA) is 50.4 Å². The summed E-state index contributed by atoms with van der Waals surface area (Å²) in [5.41, 5.74) is 0.467. The quantitative estimate of drug-likeness (QED) is 0.450. The second-order valence-electron chi connectivity index (χ2n) is 6.42. The number of carbonyl (C=O) groups is 1. The van der Waals surface area contributed by atoms with E-state index < -0.39 is 5.54 Å². The summed E-state index contributed by atoms with van der Waals surface area (Å²) in [6, 6.07) is 2.00. The zero-order chi connectivity index (χ0) is 19.6. The summed E-state index contributed by atoms with van der Waals surface area (Å²) in [7, 11) is 0. The summed E-state index contributed by atoms with van der Waals surface area (Å²) in [5.74, 6) is 2.91. The molecule has 1 amide bonds. The first-order valence-electron chi connectivity index (χ1n) is 8.51. The number of hydrogen-bond donors (Lipinski definition) is 2. The number of hydrogen-bond acceptors (Lipinski definition) is 4. The second kappa shape index (κ2) is 10.5. The van der Waals surface area contributed by atoms with Gasteiger partial charge in [-0.3, -0.25) is 4.79 Å². The van der Waals surface area contributed by atoms with Gasteiger partial charge in [0.05, 0.1) is 12.1 Å². The number of amides is 1. The van der Waals surface area contributed by atoms with Crippen LogP contribution in [0.25, 0.3) is 0 Å². The van der Waals surface area contributed by atoms with E-state index in [1.54, 1.807) is 19.9 Å². The van der Waals surface area contributed by atoms with Crippen molar-refractivity contribution < 1.29 is 9.53 Å². The Morgan fingerprint density at radius 3 is 2.85 bits per heavy atom. The summed E-state index contributed by atoms with van der Waals surface area (Å²) in [6.45, 7) is 13.6. The van der Waals surface area contributed by atoms with Crippen molar-refractivity contribution >= 4 is 17.2 Å². The number of nitrogens with one attached hydrogen (secondary N) is 2. The molecule has 1 unspecified atom stereocenters. The lowest BCUT2D eigenvalue weighted by Gasteiger charge is -2.19. The average molecular weight is 373 g/mol. The van der Waals surface area contributed by atoms with E-state index in [2.05, 4.69) is 29.7 Å². The van der Waals surface area contributed by atoms with Gasteiger partial charge < -0.3 is 15.4 Å². The molecule has 0 aliphatic carbocycles. The fourth-order valence-corrected chi connectivity index (χ4v) is 2.71. The van der Waals surface area contributed by atoms with Crippen LogP contribution in [-0.4, -0.2) is 24.1 Å². The van der Waals surface area contributed by atoms with Crippen LogP contribution in [-0.2, 0) is 0 Å². The van der Waals surface area contributed by atoms with Gasteiger partial charge in [-0.05, 0) is 50.4 Å². The minimum Gasteiger partial charge on any atom is -0.492 e. The van der Waals surface area contributed by atoms with E-state index in [9.17, 15) is 4.79 Å². The molecule has 2 N–H and O–H groups in total. The predicted molar refractivity (Wildman–Crippen MR) is 111 cm³/mol. The van der Waals surface area contributed by atoms with Gasteiger partial charge in [0.2, 0.25) is 0 Å². The van der Waals surface area contributed by atoms with Crippen LogP contribution in [0.3, 0.4) is 0 Å². The van der Waals surface area contributed by atoms with Crippen LogP contribution in [0.2, 0.25) is 0 Å². The highest BCUT2D eigenvalue weighted by atomic mass is 32.1. The summed E-state index contributed by atoms with van der Waals surface area (Å²) in [5, 5.41) is 7.91. The highest BCUT2D eigenvalue weighted by Crippen LogP contribution is 2.26. The van der Waals surface area contributed by atoms with Gasteiger partial charge in [-0.2, -0.15) is 0 Å². The van der Waals surface area contributed by atoms with Crippen LogP contribution in [0, 0.1) is 12.3 Å². The lowest BCUT2D eigenvalue weighted by Crippen LogP contribution is -2.41. The van der Waals surface area contributed by atoms with Crippen molar-refractivity contribution in [1.29, 1.82) is 0 Å². The van der Waals surface area contributed by atoms with Gasteiger partial charge in [0.25, 0.3) is 5.91 Å². The molecule has 140 valence electrons. The Morgan fingerprint density at radius 1 is 1.50 bits per heavy atom. The molecule has 1 rings (SSSR count). The van der Waals surface area contributed by atoms with E-state index in [-0.39, 0.29) is 11.9 Å². The average Bonchev–Trinajstić information content (AvgIpc) is 3.07. The predicted octanol–water partition coefficient (Wildman–Crippen LogP) is 4.28. The van der Waals surface area contributed by atoms with Crippen LogP contribution in [0.5, 0.6) is 5.75 Å². The van der Waals surface area contributed by atoms with E-state index >= 15 is 0 Å². The molecular formula is C21H28N2O2S. The van der Waals surface area contributed by atoms with E-state index in [0.717, 1.165) is 12.8 Å². The number of ether oxygens (including phenoxy) is 1.